The molecule has 0 spiro atoms. The summed E-state index contributed by atoms with van der Waals surface area (Å²) in [6, 6.07) is 14.9. The van der Waals surface area contributed by atoms with E-state index < -0.39 is 18.2 Å². The zero-order valence-corrected chi connectivity index (χ0v) is 23.5. The molecule has 0 saturated heterocycles. The first-order valence-electron chi connectivity index (χ1n) is 13.2. The normalized spacial score (nSPS) is 18.1. The number of anilines is 2. The lowest BCUT2D eigenvalue weighted by Gasteiger charge is -2.26. The summed E-state index contributed by atoms with van der Waals surface area (Å²) in [5.41, 5.74) is 2.17. The van der Waals surface area contributed by atoms with Crippen LogP contribution in [0.2, 0.25) is 5.02 Å². The first kappa shape index (κ1) is 29.4. The average Bonchev–Trinajstić information content (AvgIpc) is 3.63. The van der Waals surface area contributed by atoms with Crippen LogP contribution < -0.4 is 24.4 Å². The summed E-state index contributed by atoms with van der Waals surface area (Å²) < 4.78 is 58.9. The zero-order chi connectivity index (χ0) is 30.0. The predicted octanol–water partition coefficient (Wildman–Crippen LogP) is 6.18. The van der Waals surface area contributed by atoms with Crippen molar-refractivity contribution in [1.29, 1.82) is 0 Å². The molecule has 3 aromatic carbocycles. The summed E-state index contributed by atoms with van der Waals surface area (Å²) in [4.78, 5) is 27.2. The number of methoxy groups -OCH3 is 2. The first-order chi connectivity index (χ1) is 20.0. The van der Waals surface area contributed by atoms with Crippen LogP contribution in [-0.2, 0) is 20.7 Å². The number of benzene rings is 3. The van der Waals surface area contributed by atoms with E-state index in [1.165, 1.54) is 37.3 Å². The van der Waals surface area contributed by atoms with E-state index in [2.05, 4.69) is 10.1 Å². The number of hydrogen-bond donors (Lipinski definition) is 1. The number of esters is 1. The molecule has 1 fully saturated rings. The van der Waals surface area contributed by atoms with Gasteiger partial charge in [0.25, 0.3) is 5.91 Å². The molecule has 3 atom stereocenters. The summed E-state index contributed by atoms with van der Waals surface area (Å²) in [7, 11) is 2.85. The third-order valence-corrected chi connectivity index (χ3v) is 7.47. The van der Waals surface area contributed by atoms with Gasteiger partial charge in [0.1, 0.15) is 23.3 Å². The fraction of sp³-hybridized carbons (Fsp3) is 0.333. The largest absolute Gasteiger partial charge is 0.573 e. The van der Waals surface area contributed by atoms with Gasteiger partial charge in [-0.1, -0.05) is 29.8 Å². The monoisotopic (exact) mass is 604 g/mol. The second-order valence-corrected chi connectivity index (χ2v) is 10.5. The van der Waals surface area contributed by atoms with E-state index >= 15 is 0 Å². The Bertz CT molecular complexity index is 1470. The molecule has 1 amide bonds. The number of carbonyl (C=O) groups is 2. The molecule has 3 aromatic rings. The topological polar surface area (TPSA) is 86.3 Å². The molecule has 8 nitrogen and oxygen atoms in total. The van der Waals surface area contributed by atoms with Gasteiger partial charge in [0, 0.05) is 47.4 Å². The van der Waals surface area contributed by atoms with E-state index in [0.717, 1.165) is 5.56 Å². The number of nitrogens with one attached hydrogen (secondary N) is 1. The van der Waals surface area contributed by atoms with Crippen LogP contribution in [0.3, 0.4) is 0 Å². The molecule has 222 valence electrons. The lowest BCUT2D eigenvalue weighted by Crippen LogP contribution is -2.37. The van der Waals surface area contributed by atoms with E-state index in [9.17, 15) is 22.8 Å². The van der Waals surface area contributed by atoms with E-state index in [1.807, 2.05) is 0 Å². The molecule has 1 heterocycles. The van der Waals surface area contributed by atoms with Crippen LogP contribution in [-0.4, -0.2) is 45.6 Å². The van der Waals surface area contributed by atoms with Crippen molar-refractivity contribution in [3.63, 3.8) is 0 Å². The maximum Gasteiger partial charge on any atom is 0.573 e. The SMILES string of the molecule is COC(=O)[C@@H]1C[C@H]1COc1cc(NC(C(=O)N2CCc3ccc(OC(F)(F)F)cc32)c2ccc(Cl)cc2)cc(OC)c1. The van der Waals surface area contributed by atoms with Crippen LogP contribution in [0.25, 0.3) is 0 Å². The Morgan fingerprint density at radius 3 is 2.45 bits per heavy atom. The van der Waals surface area contributed by atoms with Crippen LogP contribution in [0.5, 0.6) is 17.2 Å². The highest BCUT2D eigenvalue weighted by Gasteiger charge is 2.44. The van der Waals surface area contributed by atoms with Crippen molar-refractivity contribution in [3.05, 3.63) is 76.8 Å². The highest BCUT2D eigenvalue weighted by Crippen LogP contribution is 2.41. The molecule has 0 radical (unpaired) electrons. The lowest BCUT2D eigenvalue weighted by molar-refractivity contribution is -0.274. The second-order valence-electron chi connectivity index (χ2n) is 10.0. The standard InChI is InChI=1S/C30H28ClF3N2O6/c1-39-23-12-21(13-24(14-23)41-16-19-11-25(19)29(38)40-2)35-27(18-3-6-20(31)7-4-18)28(37)36-10-9-17-5-8-22(15-26(17)36)42-30(32,33)34/h3-8,12-15,19,25,27,35H,9-11,16H2,1-2H3/t19-,25+,27?/m0/s1. The van der Waals surface area contributed by atoms with Crippen molar-refractivity contribution in [2.24, 2.45) is 11.8 Å². The van der Waals surface area contributed by atoms with Gasteiger partial charge in [-0.25, -0.2) is 0 Å². The Hall–Kier alpha value is -4.12. The second kappa shape index (κ2) is 12.0. The Balaban J connectivity index is 1.41. The van der Waals surface area contributed by atoms with Crippen LogP contribution in [0, 0.1) is 11.8 Å². The van der Waals surface area contributed by atoms with E-state index in [4.69, 9.17) is 25.8 Å². The van der Waals surface area contributed by atoms with Crippen LogP contribution in [0.1, 0.15) is 23.6 Å². The lowest BCUT2D eigenvalue weighted by atomic mass is 10.0. The molecule has 0 bridgehead atoms. The third-order valence-electron chi connectivity index (χ3n) is 7.22. The van der Waals surface area contributed by atoms with Crippen LogP contribution >= 0.6 is 11.6 Å². The van der Waals surface area contributed by atoms with Gasteiger partial charge in [-0.15, -0.1) is 13.2 Å². The number of hydrogen-bond acceptors (Lipinski definition) is 7. The number of alkyl halides is 3. The molecular formula is C30H28ClF3N2O6. The Kier molecular flexibility index (Phi) is 8.40. The number of ether oxygens (including phenoxy) is 4. The van der Waals surface area contributed by atoms with Gasteiger partial charge in [0.05, 0.1) is 32.4 Å². The summed E-state index contributed by atoms with van der Waals surface area (Å²) in [5, 5.41) is 3.73. The molecule has 1 aliphatic carbocycles. The predicted molar refractivity (Wildman–Crippen MR) is 149 cm³/mol. The number of fused-ring (bicyclic) bond motifs is 1. The molecule has 1 N–H and O–H groups in total. The minimum Gasteiger partial charge on any atom is -0.497 e. The summed E-state index contributed by atoms with van der Waals surface area (Å²) in [6.07, 6.45) is -3.70. The molecule has 1 saturated carbocycles. The van der Waals surface area contributed by atoms with Gasteiger partial charge < -0.3 is 29.2 Å². The maximum atomic E-state index is 14.0. The minimum atomic E-state index is -4.86. The highest BCUT2D eigenvalue weighted by atomic mass is 35.5. The quantitative estimate of drug-likeness (QED) is 0.277. The van der Waals surface area contributed by atoms with Crippen molar-refractivity contribution in [3.8, 4) is 17.2 Å². The van der Waals surface area contributed by atoms with Gasteiger partial charge in [0.15, 0.2) is 0 Å². The molecule has 12 heteroatoms. The smallest absolute Gasteiger partial charge is 0.497 e. The highest BCUT2D eigenvalue weighted by molar-refractivity contribution is 6.30. The zero-order valence-electron chi connectivity index (χ0n) is 22.7. The van der Waals surface area contributed by atoms with Crippen molar-refractivity contribution >= 4 is 34.9 Å². The van der Waals surface area contributed by atoms with Gasteiger partial charge >= 0.3 is 12.3 Å². The Labute approximate surface area is 245 Å². The molecule has 5 rings (SSSR count). The van der Waals surface area contributed by atoms with Crippen molar-refractivity contribution in [2.45, 2.75) is 25.2 Å². The molecule has 1 aliphatic heterocycles. The first-order valence-corrected chi connectivity index (χ1v) is 13.5. The van der Waals surface area contributed by atoms with Gasteiger partial charge in [-0.3, -0.25) is 9.59 Å². The van der Waals surface area contributed by atoms with Gasteiger partial charge in [-0.05, 0) is 42.2 Å². The van der Waals surface area contributed by atoms with E-state index in [1.54, 1.807) is 42.5 Å². The number of carbonyl (C=O) groups excluding carboxylic acids is 2. The van der Waals surface area contributed by atoms with Crippen LogP contribution in [0.15, 0.2) is 60.7 Å². The van der Waals surface area contributed by atoms with E-state index in [0.29, 0.717) is 52.9 Å². The molecule has 0 aromatic heterocycles. The molecular weight excluding hydrogens is 577 g/mol. The molecule has 42 heavy (non-hydrogen) atoms. The van der Waals surface area contributed by atoms with Crippen molar-refractivity contribution < 1.29 is 41.7 Å². The Morgan fingerprint density at radius 1 is 1.02 bits per heavy atom. The van der Waals surface area contributed by atoms with Gasteiger partial charge in [0.2, 0.25) is 0 Å². The average molecular weight is 605 g/mol. The fourth-order valence-electron chi connectivity index (χ4n) is 4.98. The molecule has 2 aliphatic rings. The number of amides is 1. The maximum absolute atomic E-state index is 14.0. The summed E-state index contributed by atoms with van der Waals surface area (Å²) in [6.45, 7) is 0.587. The summed E-state index contributed by atoms with van der Waals surface area (Å²) >= 11 is 6.10. The fourth-order valence-corrected chi connectivity index (χ4v) is 5.11. The minimum absolute atomic E-state index is 0.0462. The van der Waals surface area contributed by atoms with Crippen molar-refractivity contribution in [2.75, 3.05) is 37.6 Å². The number of rotatable bonds is 10. The third kappa shape index (κ3) is 6.84. The number of nitrogens with zero attached hydrogens (tertiary/aromatic N) is 1. The van der Waals surface area contributed by atoms with Gasteiger partial charge in [-0.2, -0.15) is 0 Å². The van der Waals surface area contributed by atoms with Crippen molar-refractivity contribution in [1.82, 2.24) is 0 Å². The van der Waals surface area contributed by atoms with E-state index in [-0.39, 0.29) is 30.3 Å². The number of halogens is 4. The summed E-state index contributed by atoms with van der Waals surface area (Å²) in [5.74, 6) is -0.254. The van der Waals surface area contributed by atoms with Crippen LogP contribution in [0.4, 0.5) is 24.5 Å². The molecule has 1 unspecified atom stereocenters. The Morgan fingerprint density at radius 2 is 1.76 bits per heavy atom.